The molecule has 20 heavy (non-hydrogen) atoms. The number of rotatable bonds is 14. The summed E-state index contributed by atoms with van der Waals surface area (Å²) in [5.74, 6) is 0. The van der Waals surface area contributed by atoms with Crippen LogP contribution < -0.4 is 5.32 Å². The van der Waals surface area contributed by atoms with Gasteiger partial charge in [-0.25, -0.2) is 0 Å². The Hall–Kier alpha value is -0.200. The van der Waals surface area contributed by atoms with E-state index in [0.717, 1.165) is 52.5 Å². The fourth-order valence-electron chi connectivity index (χ4n) is 2.16. The third kappa shape index (κ3) is 8.87. The lowest BCUT2D eigenvalue weighted by atomic mass is 10.2. The molecule has 1 aliphatic carbocycles. The third-order valence-corrected chi connectivity index (χ3v) is 3.57. The fourth-order valence-corrected chi connectivity index (χ4v) is 2.16. The monoisotopic (exact) mass is 288 g/mol. The average molecular weight is 288 g/mol. The van der Waals surface area contributed by atoms with Crippen LogP contribution in [0.25, 0.3) is 0 Å². The van der Waals surface area contributed by atoms with E-state index in [-0.39, 0.29) is 12.6 Å². The van der Waals surface area contributed by atoms with E-state index < -0.39 is 0 Å². The first kappa shape index (κ1) is 17.9. The van der Waals surface area contributed by atoms with E-state index >= 15 is 0 Å². The molecule has 120 valence electrons. The van der Waals surface area contributed by atoms with Crippen molar-refractivity contribution in [3.63, 3.8) is 0 Å². The van der Waals surface area contributed by atoms with Crippen molar-refractivity contribution in [2.75, 3.05) is 52.7 Å². The van der Waals surface area contributed by atoms with Crippen LogP contribution in [0.3, 0.4) is 0 Å². The van der Waals surface area contributed by atoms with Gasteiger partial charge in [0.05, 0.1) is 19.8 Å². The molecule has 0 aliphatic heterocycles. The minimum Gasteiger partial charge on any atom is -0.395 e. The van der Waals surface area contributed by atoms with Crippen molar-refractivity contribution >= 4 is 0 Å². The third-order valence-electron chi connectivity index (χ3n) is 3.57. The van der Waals surface area contributed by atoms with Gasteiger partial charge in [-0.3, -0.25) is 4.90 Å². The van der Waals surface area contributed by atoms with Gasteiger partial charge in [-0.15, -0.1) is 0 Å². The Kier molecular flexibility index (Phi) is 10.2. The van der Waals surface area contributed by atoms with Crippen LogP contribution in [0.2, 0.25) is 0 Å². The predicted molar refractivity (Wildman–Crippen MR) is 81.1 cm³/mol. The number of aliphatic hydroxyl groups excluding tert-OH is 1. The van der Waals surface area contributed by atoms with Crippen LogP contribution in [0.4, 0.5) is 0 Å². The maximum Gasteiger partial charge on any atom is 0.0593 e. The van der Waals surface area contributed by atoms with E-state index in [0.29, 0.717) is 6.04 Å². The summed E-state index contributed by atoms with van der Waals surface area (Å²) in [7, 11) is 0. The summed E-state index contributed by atoms with van der Waals surface area (Å²) in [6, 6.07) is 0.872. The molecule has 0 spiro atoms. The highest BCUT2D eigenvalue weighted by Crippen LogP contribution is 2.19. The van der Waals surface area contributed by atoms with Crippen LogP contribution in [0.15, 0.2) is 0 Å². The van der Waals surface area contributed by atoms with Gasteiger partial charge in [0.15, 0.2) is 0 Å². The van der Waals surface area contributed by atoms with Crippen LogP contribution in [0, 0.1) is 0 Å². The van der Waals surface area contributed by atoms with Gasteiger partial charge < -0.3 is 19.9 Å². The smallest absolute Gasteiger partial charge is 0.0593 e. The molecule has 5 nitrogen and oxygen atoms in total. The molecule has 0 heterocycles. The first-order valence-electron chi connectivity index (χ1n) is 8.04. The lowest BCUT2D eigenvalue weighted by molar-refractivity contribution is 0.0795. The molecule has 0 aromatic heterocycles. The van der Waals surface area contributed by atoms with Crippen molar-refractivity contribution in [1.82, 2.24) is 10.2 Å². The highest BCUT2D eigenvalue weighted by Gasteiger charge is 2.24. The molecule has 2 N–H and O–H groups in total. The number of hydrogen-bond donors (Lipinski definition) is 2. The zero-order chi connectivity index (χ0) is 14.6. The number of nitrogens with zero attached hydrogens (tertiary/aromatic N) is 1. The molecule has 5 heteroatoms. The minimum atomic E-state index is 0.223. The average Bonchev–Trinajstić information content (AvgIpc) is 3.27. The standard InChI is InChI=1S/C15H32N2O3/c1-3-19-11-9-17(10-12-20-4-2)8-7-15(13-18)16-14-5-6-14/h14-16,18H,3-13H2,1-2H3. The Morgan fingerprint density at radius 1 is 1.10 bits per heavy atom. The number of ether oxygens (including phenoxy) is 2. The molecule has 1 fully saturated rings. The van der Waals surface area contributed by atoms with Crippen molar-refractivity contribution in [2.45, 2.75) is 45.2 Å². The quantitative estimate of drug-likeness (QED) is 0.464. The Morgan fingerprint density at radius 2 is 1.70 bits per heavy atom. The SMILES string of the molecule is CCOCCN(CCOCC)CCC(CO)NC1CC1. The molecule has 1 rings (SSSR count). The zero-order valence-corrected chi connectivity index (χ0v) is 13.1. The van der Waals surface area contributed by atoms with Gasteiger partial charge in [0.1, 0.15) is 0 Å². The maximum absolute atomic E-state index is 9.41. The Labute approximate surface area is 123 Å². The van der Waals surface area contributed by atoms with E-state index in [9.17, 15) is 5.11 Å². The highest BCUT2D eigenvalue weighted by atomic mass is 16.5. The van der Waals surface area contributed by atoms with E-state index in [4.69, 9.17) is 9.47 Å². The van der Waals surface area contributed by atoms with Crippen LogP contribution in [-0.4, -0.2) is 74.8 Å². The van der Waals surface area contributed by atoms with Gasteiger partial charge in [-0.05, 0) is 39.7 Å². The molecule has 0 aromatic carbocycles. The first-order chi connectivity index (χ1) is 9.80. The van der Waals surface area contributed by atoms with Crippen molar-refractivity contribution in [2.24, 2.45) is 0 Å². The number of aliphatic hydroxyl groups is 1. The summed E-state index contributed by atoms with van der Waals surface area (Å²) in [6.07, 6.45) is 3.50. The Balaban J connectivity index is 2.20. The predicted octanol–water partition coefficient (Wildman–Crippen LogP) is 0.864. The molecule has 0 bridgehead atoms. The van der Waals surface area contributed by atoms with E-state index in [1.54, 1.807) is 0 Å². The van der Waals surface area contributed by atoms with Crippen LogP contribution in [0.1, 0.15) is 33.1 Å². The minimum absolute atomic E-state index is 0.223. The van der Waals surface area contributed by atoms with Crippen LogP contribution in [0.5, 0.6) is 0 Å². The first-order valence-corrected chi connectivity index (χ1v) is 8.04. The second-order valence-electron chi connectivity index (χ2n) is 5.34. The largest absolute Gasteiger partial charge is 0.395 e. The van der Waals surface area contributed by atoms with E-state index in [1.807, 2.05) is 13.8 Å². The topological polar surface area (TPSA) is 54.0 Å². The van der Waals surface area contributed by atoms with Crippen molar-refractivity contribution < 1.29 is 14.6 Å². The maximum atomic E-state index is 9.41. The number of nitrogens with one attached hydrogen (secondary N) is 1. The zero-order valence-electron chi connectivity index (χ0n) is 13.1. The van der Waals surface area contributed by atoms with E-state index in [2.05, 4.69) is 10.2 Å². The van der Waals surface area contributed by atoms with Crippen LogP contribution >= 0.6 is 0 Å². The van der Waals surface area contributed by atoms with Crippen molar-refractivity contribution in [1.29, 1.82) is 0 Å². The van der Waals surface area contributed by atoms with Gasteiger partial charge in [0.25, 0.3) is 0 Å². The fraction of sp³-hybridized carbons (Fsp3) is 1.00. The van der Waals surface area contributed by atoms with Gasteiger partial charge in [-0.1, -0.05) is 0 Å². The second-order valence-corrected chi connectivity index (χ2v) is 5.34. The molecule has 0 amide bonds. The van der Waals surface area contributed by atoms with Gasteiger partial charge in [-0.2, -0.15) is 0 Å². The molecule has 1 unspecified atom stereocenters. The number of hydrogen-bond acceptors (Lipinski definition) is 5. The molecule has 0 aromatic rings. The van der Waals surface area contributed by atoms with Gasteiger partial charge in [0.2, 0.25) is 0 Å². The lowest BCUT2D eigenvalue weighted by Crippen LogP contribution is -2.39. The molecule has 1 saturated carbocycles. The summed E-state index contributed by atoms with van der Waals surface area (Å²) in [6.45, 7) is 10.2. The molecular weight excluding hydrogens is 256 g/mol. The summed E-state index contributed by atoms with van der Waals surface area (Å²) in [4.78, 5) is 2.36. The normalized spacial score (nSPS) is 16.8. The van der Waals surface area contributed by atoms with Gasteiger partial charge in [0, 0.05) is 38.4 Å². The molecule has 1 atom stereocenters. The van der Waals surface area contributed by atoms with Crippen molar-refractivity contribution in [3.05, 3.63) is 0 Å². The Morgan fingerprint density at radius 3 is 2.15 bits per heavy atom. The van der Waals surface area contributed by atoms with Crippen LogP contribution in [-0.2, 0) is 9.47 Å². The second kappa shape index (κ2) is 11.5. The van der Waals surface area contributed by atoms with Gasteiger partial charge >= 0.3 is 0 Å². The molecule has 1 aliphatic rings. The summed E-state index contributed by atoms with van der Waals surface area (Å²) >= 11 is 0. The molecule has 0 saturated heterocycles. The summed E-state index contributed by atoms with van der Waals surface area (Å²) < 4.78 is 10.9. The highest BCUT2D eigenvalue weighted by molar-refractivity contribution is 4.85. The Bertz CT molecular complexity index is 215. The van der Waals surface area contributed by atoms with Crippen molar-refractivity contribution in [3.8, 4) is 0 Å². The summed E-state index contributed by atoms with van der Waals surface area (Å²) in [5, 5.41) is 12.9. The van der Waals surface area contributed by atoms with E-state index in [1.165, 1.54) is 12.8 Å². The summed E-state index contributed by atoms with van der Waals surface area (Å²) in [5.41, 5.74) is 0. The molecular formula is C15H32N2O3. The lowest BCUT2D eigenvalue weighted by Gasteiger charge is -2.25. The molecule has 0 radical (unpaired) electrons.